The van der Waals surface area contributed by atoms with Crippen molar-refractivity contribution in [1.82, 2.24) is 34.3 Å². The molecule has 176 valence electrons. The van der Waals surface area contributed by atoms with Gasteiger partial charge in [0, 0.05) is 80.6 Å². The molecule has 10 heteroatoms. The molecule has 6 rings (SSSR count). The maximum absolute atomic E-state index is 5.98. The van der Waals surface area contributed by atoms with Gasteiger partial charge >= 0.3 is 0 Å². The third-order valence-electron chi connectivity index (χ3n) is 6.30. The Kier molecular flexibility index (Phi) is 5.54. The lowest BCUT2D eigenvalue weighted by molar-refractivity contribution is 0.633. The molecule has 5 aromatic rings. The highest BCUT2D eigenvalue weighted by molar-refractivity contribution is 6.30. The van der Waals surface area contributed by atoms with Crippen LogP contribution in [0.5, 0.6) is 0 Å². The minimum atomic E-state index is 0.744. The first-order valence-corrected chi connectivity index (χ1v) is 11.9. The highest BCUT2D eigenvalue weighted by Gasteiger charge is 2.22. The molecule has 0 aliphatic carbocycles. The van der Waals surface area contributed by atoms with Gasteiger partial charge in [-0.1, -0.05) is 23.7 Å². The molecule has 0 atom stereocenters. The third kappa shape index (κ3) is 4.42. The zero-order chi connectivity index (χ0) is 23.8. The second-order valence-corrected chi connectivity index (χ2v) is 9.15. The van der Waals surface area contributed by atoms with Crippen LogP contribution in [0.15, 0.2) is 67.6 Å². The third-order valence-corrected chi connectivity index (χ3v) is 6.55. The summed E-state index contributed by atoms with van der Waals surface area (Å²) in [5, 5.41) is 9.43. The molecule has 1 aromatic carbocycles. The summed E-state index contributed by atoms with van der Waals surface area (Å²) in [6.45, 7) is 3.30. The smallest absolute Gasteiger partial charge is 0.225 e. The number of nitrogens with zero attached hydrogens (tertiary/aromatic N) is 9. The van der Waals surface area contributed by atoms with Gasteiger partial charge in [-0.15, -0.1) is 0 Å². The number of aromatic nitrogens is 7. The summed E-state index contributed by atoms with van der Waals surface area (Å²) in [6, 6.07) is 10.0. The summed E-state index contributed by atoms with van der Waals surface area (Å²) in [6.07, 6.45) is 12.1. The van der Waals surface area contributed by atoms with Gasteiger partial charge in [0.25, 0.3) is 0 Å². The summed E-state index contributed by atoms with van der Waals surface area (Å²) >= 11 is 5.98. The highest BCUT2D eigenvalue weighted by atomic mass is 35.5. The predicted molar refractivity (Wildman–Crippen MR) is 136 cm³/mol. The van der Waals surface area contributed by atoms with E-state index >= 15 is 0 Å². The largest absolute Gasteiger partial charge is 0.351 e. The van der Waals surface area contributed by atoms with E-state index in [4.69, 9.17) is 11.6 Å². The minimum Gasteiger partial charge on any atom is -0.351 e. The van der Waals surface area contributed by atoms with E-state index in [2.05, 4.69) is 41.0 Å². The summed E-state index contributed by atoms with van der Waals surface area (Å²) in [7, 11) is 1.92. The van der Waals surface area contributed by atoms with E-state index < -0.39 is 0 Å². The number of hydrogen-bond acceptors (Lipinski definition) is 7. The number of benzene rings is 1. The second kappa shape index (κ2) is 8.99. The zero-order valence-corrected chi connectivity index (χ0v) is 20.0. The maximum atomic E-state index is 5.98. The minimum absolute atomic E-state index is 0.744. The van der Waals surface area contributed by atoms with E-state index in [0.29, 0.717) is 0 Å². The maximum Gasteiger partial charge on any atom is 0.225 e. The van der Waals surface area contributed by atoms with Crippen molar-refractivity contribution < 1.29 is 0 Å². The molecule has 4 aromatic heterocycles. The lowest BCUT2D eigenvalue weighted by atomic mass is 10.1. The Balaban J connectivity index is 1.14. The summed E-state index contributed by atoms with van der Waals surface area (Å²) in [5.74, 6) is 1.70. The van der Waals surface area contributed by atoms with Gasteiger partial charge < -0.3 is 9.80 Å². The summed E-state index contributed by atoms with van der Waals surface area (Å²) in [4.78, 5) is 18.4. The Hall–Kier alpha value is -3.98. The summed E-state index contributed by atoms with van der Waals surface area (Å²) in [5.41, 5.74) is 5.39. The van der Waals surface area contributed by atoms with Crippen molar-refractivity contribution in [2.24, 2.45) is 7.05 Å². The van der Waals surface area contributed by atoms with Crippen molar-refractivity contribution >= 4 is 28.9 Å². The normalized spacial score (nSPS) is 14.1. The molecule has 1 aliphatic heterocycles. The van der Waals surface area contributed by atoms with E-state index in [0.717, 1.165) is 71.6 Å². The van der Waals surface area contributed by atoms with E-state index in [1.54, 1.807) is 11.0 Å². The first-order chi connectivity index (χ1) is 17.1. The van der Waals surface area contributed by atoms with Crippen molar-refractivity contribution in [1.29, 1.82) is 0 Å². The average molecular weight is 486 g/mol. The zero-order valence-electron chi connectivity index (χ0n) is 19.3. The van der Waals surface area contributed by atoms with Gasteiger partial charge in [-0.25, -0.2) is 19.5 Å². The molecular formula is C25H24ClN9. The Morgan fingerprint density at radius 3 is 2.26 bits per heavy atom. The van der Waals surface area contributed by atoms with Crippen molar-refractivity contribution in [2.75, 3.05) is 36.0 Å². The fourth-order valence-corrected chi connectivity index (χ4v) is 4.57. The van der Waals surface area contributed by atoms with Gasteiger partial charge in [0.05, 0.1) is 6.20 Å². The van der Waals surface area contributed by atoms with Crippen LogP contribution in [0.2, 0.25) is 5.02 Å². The molecule has 0 spiro atoms. The topological polar surface area (TPSA) is 80.3 Å². The lowest BCUT2D eigenvalue weighted by Gasteiger charge is -2.35. The van der Waals surface area contributed by atoms with E-state index in [1.807, 2.05) is 66.8 Å². The molecule has 1 fully saturated rings. The molecule has 5 heterocycles. The van der Waals surface area contributed by atoms with Crippen molar-refractivity contribution in [2.45, 2.75) is 6.42 Å². The SMILES string of the molecule is Cn1cc(-c2cc3c(N4CCN(c5ncc(Cc6ccc(Cl)cc6)cn5)CC4)ncnn3c2)cn1. The number of rotatable bonds is 5. The van der Waals surface area contributed by atoms with Crippen LogP contribution < -0.4 is 9.80 Å². The van der Waals surface area contributed by atoms with Crippen LogP contribution in [-0.2, 0) is 13.5 Å². The molecule has 0 amide bonds. The molecule has 1 saturated heterocycles. The van der Waals surface area contributed by atoms with Gasteiger partial charge in [0.1, 0.15) is 11.8 Å². The van der Waals surface area contributed by atoms with Crippen LogP contribution in [0.1, 0.15) is 11.1 Å². The molecule has 1 aliphatic rings. The van der Waals surface area contributed by atoms with Crippen LogP contribution in [0.3, 0.4) is 0 Å². The van der Waals surface area contributed by atoms with Gasteiger partial charge in [-0.3, -0.25) is 4.68 Å². The Morgan fingerprint density at radius 2 is 1.54 bits per heavy atom. The fourth-order valence-electron chi connectivity index (χ4n) is 4.45. The fraction of sp³-hybridized carbons (Fsp3) is 0.240. The van der Waals surface area contributed by atoms with E-state index in [1.165, 1.54) is 5.56 Å². The van der Waals surface area contributed by atoms with Crippen LogP contribution in [-0.4, -0.2) is 60.5 Å². The number of fused-ring (bicyclic) bond motifs is 1. The average Bonchev–Trinajstić information content (AvgIpc) is 3.52. The van der Waals surface area contributed by atoms with Gasteiger partial charge in [-0.2, -0.15) is 10.2 Å². The molecule has 9 nitrogen and oxygen atoms in total. The van der Waals surface area contributed by atoms with Crippen LogP contribution >= 0.6 is 11.6 Å². The molecule has 0 radical (unpaired) electrons. The van der Waals surface area contributed by atoms with Gasteiger partial charge in [0.15, 0.2) is 5.82 Å². The molecular weight excluding hydrogens is 462 g/mol. The monoisotopic (exact) mass is 485 g/mol. The molecule has 0 N–H and O–H groups in total. The van der Waals surface area contributed by atoms with Crippen LogP contribution in [0.4, 0.5) is 11.8 Å². The molecule has 35 heavy (non-hydrogen) atoms. The van der Waals surface area contributed by atoms with E-state index in [9.17, 15) is 0 Å². The number of hydrogen-bond donors (Lipinski definition) is 0. The number of aryl methyl sites for hydroxylation is 1. The predicted octanol–water partition coefficient (Wildman–Crippen LogP) is 3.49. The number of piperazine rings is 1. The molecule has 0 saturated carbocycles. The lowest BCUT2D eigenvalue weighted by Crippen LogP contribution is -2.47. The standard InChI is InChI=1S/C25H24ClN9/c1-32-15-21(14-30-32)20-11-23-24(29-17-31-35(23)16-20)33-6-8-34(9-7-33)25-27-12-19(13-28-25)10-18-2-4-22(26)5-3-18/h2-5,11-17H,6-10H2,1H3. The second-order valence-electron chi connectivity index (χ2n) is 8.71. The highest BCUT2D eigenvalue weighted by Crippen LogP contribution is 2.27. The van der Waals surface area contributed by atoms with E-state index in [-0.39, 0.29) is 0 Å². The quantitative estimate of drug-likeness (QED) is 0.377. The van der Waals surface area contributed by atoms with Gasteiger partial charge in [-0.05, 0) is 29.3 Å². The van der Waals surface area contributed by atoms with Crippen LogP contribution in [0, 0.1) is 0 Å². The van der Waals surface area contributed by atoms with Crippen LogP contribution in [0.25, 0.3) is 16.6 Å². The number of halogens is 1. The van der Waals surface area contributed by atoms with Gasteiger partial charge in [0.2, 0.25) is 5.95 Å². The van der Waals surface area contributed by atoms with Crippen molar-refractivity contribution in [3.63, 3.8) is 0 Å². The van der Waals surface area contributed by atoms with Crippen molar-refractivity contribution in [3.05, 3.63) is 83.8 Å². The Labute approximate surface area is 207 Å². The number of anilines is 2. The molecule has 0 bridgehead atoms. The first kappa shape index (κ1) is 21.5. The summed E-state index contributed by atoms with van der Waals surface area (Å²) < 4.78 is 3.69. The van der Waals surface area contributed by atoms with Crippen molar-refractivity contribution in [3.8, 4) is 11.1 Å². The Bertz CT molecular complexity index is 1450. The first-order valence-electron chi connectivity index (χ1n) is 11.5. The molecule has 0 unspecified atom stereocenters. The Morgan fingerprint density at radius 1 is 0.800 bits per heavy atom.